The van der Waals surface area contributed by atoms with Crippen LogP contribution in [0.5, 0.6) is 0 Å². The number of carbonyl (C=O) groups is 1. The SMILES string of the molecule is CN(C)CCC(=O)NC12CC3CC(CC(C3)C1)C2. The van der Waals surface area contributed by atoms with Gasteiger partial charge in [-0.2, -0.15) is 0 Å². The molecule has 3 heteroatoms. The molecule has 0 atom stereocenters. The molecule has 0 spiro atoms. The molecule has 4 bridgehead atoms. The maximum absolute atomic E-state index is 12.1. The maximum Gasteiger partial charge on any atom is 0.221 e. The van der Waals surface area contributed by atoms with Crippen LogP contribution in [0, 0.1) is 17.8 Å². The second-order valence-corrected chi connectivity index (χ2v) is 7.30. The van der Waals surface area contributed by atoms with Gasteiger partial charge in [-0.15, -0.1) is 0 Å². The minimum absolute atomic E-state index is 0.193. The number of nitrogens with one attached hydrogen (secondary N) is 1. The lowest BCUT2D eigenvalue weighted by Gasteiger charge is -2.57. The van der Waals surface area contributed by atoms with Gasteiger partial charge in [-0.3, -0.25) is 4.79 Å². The lowest BCUT2D eigenvalue weighted by molar-refractivity contribution is -0.127. The molecular weight excluding hydrogens is 224 g/mol. The molecule has 4 fully saturated rings. The van der Waals surface area contributed by atoms with E-state index >= 15 is 0 Å². The van der Waals surface area contributed by atoms with Gasteiger partial charge in [0, 0.05) is 18.5 Å². The number of hydrogen-bond donors (Lipinski definition) is 1. The molecule has 3 nitrogen and oxygen atoms in total. The van der Waals surface area contributed by atoms with E-state index in [1.165, 1.54) is 38.5 Å². The molecule has 0 saturated heterocycles. The predicted octanol–water partition coefficient (Wildman–Crippen LogP) is 2.02. The molecule has 0 unspecified atom stereocenters. The summed E-state index contributed by atoms with van der Waals surface area (Å²) in [6.45, 7) is 0.859. The topological polar surface area (TPSA) is 32.3 Å². The molecule has 0 aliphatic heterocycles. The number of carbonyl (C=O) groups excluding carboxylic acids is 1. The number of amides is 1. The molecule has 4 aliphatic rings. The first-order valence-corrected chi connectivity index (χ1v) is 7.50. The van der Waals surface area contributed by atoms with E-state index in [-0.39, 0.29) is 11.4 Å². The van der Waals surface area contributed by atoms with Crippen LogP contribution in [0.15, 0.2) is 0 Å². The van der Waals surface area contributed by atoms with Crippen LogP contribution < -0.4 is 5.32 Å². The van der Waals surface area contributed by atoms with Crippen LogP contribution in [0.4, 0.5) is 0 Å². The fourth-order valence-electron chi connectivity index (χ4n) is 4.95. The summed E-state index contributed by atoms with van der Waals surface area (Å²) < 4.78 is 0. The minimum atomic E-state index is 0.193. The average Bonchev–Trinajstić information content (AvgIpc) is 2.23. The first kappa shape index (κ1) is 12.5. The summed E-state index contributed by atoms with van der Waals surface area (Å²) >= 11 is 0. The van der Waals surface area contributed by atoms with Gasteiger partial charge in [-0.05, 0) is 70.4 Å². The van der Waals surface area contributed by atoms with E-state index in [0.29, 0.717) is 6.42 Å². The van der Waals surface area contributed by atoms with Crippen molar-refractivity contribution in [3.8, 4) is 0 Å². The molecule has 0 aromatic heterocycles. The second-order valence-electron chi connectivity index (χ2n) is 7.30. The minimum Gasteiger partial charge on any atom is -0.351 e. The molecule has 0 radical (unpaired) electrons. The molecule has 1 N–H and O–H groups in total. The Morgan fingerprint density at radius 2 is 1.61 bits per heavy atom. The first-order valence-electron chi connectivity index (χ1n) is 7.50. The highest BCUT2D eigenvalue weighted by atomic mass is 16.1. The highest BCUT2D eigenvalue weighted by Gasteiger charge is 2.51. The molecular formula is C15H26N2O. The van der Waals surface area contributed by atoms with Gasteiger partial charge in [0.1, 0.15) is 0 Å². The monoisotopic (exact) mass is 250 g/mol. The quantitative estimate of drug-likeness (QED) is 0.828. The van der Waals surface area contributed by atoms with Crippen LogP contribution in [-0.4, -0.2) is 37.0 Å². The fraction of sp³-hybridized carbons (Fsp3) is 0.933. The Morgan fingerprint density at radius 1 is 1.11 bits per heavy atom. The number of nitrogens with zero attached hydrogens (tertiary/aromatic N) is 1. The Kier molecular flexibility index (Phi) is 3.13. The summed E-state index contributed by atoms with van der Waals surface area (Å²) in [5.74, 6) is 2.99. The van der Waals surface area contributed by atoms with E-state index in [0.717, 1.165) is 24.3 Å². The van der Waals surface area contributed by atoms with E-state index in [1.807, 2.05) is 14.1 Å². The highest BCUT2D eigenvalue weighted by molar-refractivity contribution is 5.77. The lowest BCUT2D eigenvalue weighted by atomic mass is 9.53. The third kappa shape index (κ3) is 2.42. The Labute approximate surface area is 110 Å². The summed E-state index contributed by atoms with van der Waals surface area (Å²) in [6.07, 6.45) is 8.73. The van der Waals surface area contributed by atoms with Crippen molar-refractivity contribution in [3.05, 3.63) is 0 Å². The predicted molar refractivity (Wildman–Crippen MR) is 72.2 cm³/mol. The van der Waals surface area contributed by atoms with Crippen molar-refractivity contribution in [1.82, 2.24) is 10.2 Å². The van der Waals surface area contributed by atoms with Crippen molar-refractivity contribution in [2.45, 2.75) is 50.5 Å². The summed E-state index contributed by atoms with van der Waals surface area (Å²) in [7, 11) is 4.05. The van der Waals surface area contributed by atoms with Gasteiger partial charge in [0.05, 0.1) is 0 Å². The Balaban J connectivity index is 1.60. The third-order valence-corrected chi connectivity index (χ3v) is 5.23. The smallest absolute Gasteiger partial charge is 0.221 e. The van der Waals surface area contributed by atoms with Gasteiger partial charge in [0.2, 0.25) is 5.91 Å². The van der Waals surface area contributed by atoms with E-state index in [2.05, 4.69) is 10.2 Å². The normalized spacial score (nSPS) is 41.4. The van der Waals surface area contributed by atoms with Crippen LogP contribution in [0.1, 0.15) is 44.9 Å². The van der Waals surface area contributed by atoms with Crippen molar-refractivity contribution in [3.63, 3.8) is 0 Å². The Morgan fingerprint density at radius 3 is 2.06 bits per heavy atom. The third-order valence-electron chi connectivity index (χ3n) is 5.23. The van der Waals surface area contributed by atoms with Crippen LogP contribution in [-0.2, 0) is 4.79 Å². The average molecular weight is 250 g/mol. The van der Waals surface area contributed by atoms with Crippen LogP contribution in [0.2, 0.25) is 0 Å². The fourth-order valence-corrected chi connectivity index (χ4v) is 4.95. The van der Waals surface area contributed by atoms with Crippen molar-refractivity contribution in [2.24, 2.45) is 17.8 Å². The van der Waals surface area contributed by atoms with Gasteiger partial charge in [0.15, 0.2) is 0 Å². The summed E-state index contributed by atoms with van der Waals surface area (Å²) in [6, 6.07) is 0. The standard InChI is InChI=1S/C15H26N2O/c1-17(2)4-3-14(18)16-15-8-11-5-12(9-15)7-13(6-11)10-15/h11-13H,3-10H2,1-2H3,(H,16,18). The molecule has 1 amide bonds. The van der Waals surface area contributed by atoms with Crippen LogP contribution >= 0.6 is 0 Å². The molecule has 4 rings (SSSR count). The van der Waals surface area contributed by atoms with Crippen molar-refractivity contribution < 1.29 is 4.79 Å². The molecule has 102 valence electrons. The number of rotatable bonds is 4. The zero-order valence-electron chi connectivity index (χ0n) is 11.7. The van der Waals surface area contributed by atoms with Gasteiger partial charge >= 0.3 is 0 Å². The second kappa shape index (κ2) is 4.52. The van der Waals surface area contributed by atoms with E-state index < -0.39 is 0 Å². The Hall–Kier alpha value is -0.570. The first-order chi connectivity index (χ1) is 8.55. The molecule has 18 heavy (non-hydrogen) atoms. The van der Waals surface area contributed by atoms with E-state index in [1.54, 1.807) is 0 Å². The highest BCUT2D eigenvalue weighted by Crippen LogP contribution is 2.55. The van der Waals surface area contributed by atoms with E-state index in [9.17, 15) is 4.79 Å². The summed E-state index contributed by atoms with van der Waals surface area (Å²) in [5, 5.41) is 3.41. The van der Waals surface area contributed by atoms with Gasteiger partial charge < -0.3 is 10.2 Å². The number of hydrogen-bond acceptors (Lipinski definition) is 2. The maximum atomic E-state index is 12.1. The zero-order valence-corrected chi connectivity index (χ0v) is 11.7. The van der Waals surface area contributed by atoms with Crippen molar-refractivity contribution in [2.75, 3.05) is 20.6 Å². The molecule has 0 aromatic rings. The zero-order chi connectivity index (χ0) is 12.8. The largest absolute Gasteiger partial charge is 0.351 e. The summed E-state index contributed by atoms with van der Waals surface area (Å²) in [4.78, 5) is 14.2. The molecule has 0 aromatic carbocycles. The Bertz CT molecular complexity index is 302. The lowest BCUT2D eigenvalue weighted by Crippen LogP contribution is -2.60. The van der Waals surface area contributed by atoms with Crippen LogP contribution in [0.3, 0.4) is 0 Å². The molecule has 4 saturated carbocycles. The van der Waals surface area contributed by atoms with E-state index in [4.69, 9.17) is 0 Å². The van der Waals surface area contributed by atoms with Gasteiger partial charge in [0.25, 0.3) is 0 Å². The van der Waals surface area contributed by atoms with Crippen molar-refractivity contribution >= 4 is 5.91 Å². The van der Waals surface area contributed by atoms with Gasteiger partial charge in [-0.1, -0.05) is 0 Å². The molecule has 0 heterocycles. The summed E-state index contributed by atoms with van der Waals surface area (Å²) in [5.41, 5.74) is 0.193. The van der Waals surface area contributed by atoms with Crippen molar-refractivity contribution in [1.29, 1.82) is 0 Å². The van der Waals surface area contributed by atoms with Gasteiger partial charge in [-0.25, -0.2) is 0 Å². The molecule has 4 aliphatic carbocycles. The van der Waals surface area contributed by atoms with Crippen LogP contribution in [0.25, 0.3) is 0 Å².